The Labute approximate surface area is 121 Å². The summed E-state index contributed by atoms with van der Waals surface area (Å²) >= 11 is 1.47. The minimum Gasteiger partial charge on any atom is -0.312 e. The molecule has 2 aromatic carbocycles. The molecule has 2 aromatic rings. The van der Waals surface area contributed by atoms with Gasteiger partial charge >= 0.3 is 0 Å². The van der Waals surface area contributed by atoms with E-state index in [0.717, 1.165) is 12.5 Å². The van der Waals surface area contributed by atoms with E-state index in [-0.39, 0.29) is 11.3 Å². The van der Waals surface area contributed by atoms with Gasteiger partial charge in [0.2, 0.25) is 0 Å². The number of benzene rings is 2. The van der Waals surface area contributed by atoms with E-state index in [1.807, 2.05) is 19.2 Å². The van der Waals surface area contributed by atoms with E-state index in [2.05, 4.69) is 17.4 Å². The van der Waals surface area contributed by atoms with Crippen LogP contribution >= 0.6 is 11.8 Å². The zero-order chi connectivity index (χ0) is 14.1. The third-order valence-corrected chi connectivity index (χ3v) is 4.99. The van der Waals surface area contributed by atoms with Gasteiger partial charge in [-0.05, 0) is 36.7 Å². The van der Waals surface area contributed by atoms with E-state index in [4.69, 9.17) is 0 Å². The van der Waals surface area contributed by atoms with Crippen molar-refractivity contribution >= 4 is 11.8 Å². The Balaban J connectivity index is 1.85. The number of fused-ring (bicyclic) bond motifs is 1. The van der Waals surface area contributed by atoms with Crippen LogP contribution in [0.4, 0.5) is 8.78 Å². The maximum atomic E-state index is 13.8. The molecule has 0 radical (unpaired) electrons. The average Bonchev–Trinajstić information content (AvgIpc) is 2.79. The van der Waals surface area contributed by atoms with Crippen molar-refractivity contribution in [1.29, 1.82) is 0 Å². The summed E-state index contributed by atoms with van der Waals surface area (Å²) in [7, 11) is 1.92. The molecule has 2 atom stereocenters. The fourth-order valence-corrected chi connectivity index (χ4v) is 4.07. The molecular formula is C16H15F2NS. The van der Waals surface area contributed by atoms with Crippen molar-refractivity contribution in [3.8, 4) is 0 Å². The smallest absolute Gasteiger partial charge is 0.139 e. The van der Waals surface area contributed by atoms with Crippen LogP contribution in [0.2, 0.25) is 0 Å². The summed E-state index contributed by atoms with van der Waals surface area (Å²) in [5, 5.41) is 3.52. The first kappa shape index (κ1) is 13.6. The van der Waals surface area contributed by atoms with Gasteiger partial charge < -0.3 is 5.32 Å². The van der Waals surface area contributed by atoms with Gasteiger partial charge in [0, 0.05) is 22.3 Å². The molecule has 0 saturated carbocycles. The van der Waals surface area contributed by atoms with Crippen LogP contribution in [-0.2, 0) is 6.42 Å². The Morgan fingerprint density at radius 2 is 1.95 bits per heavy atom. The van der Waals surface area contributed by atoms with Crippen molar-refractivity contribution in [2.24, 2.45) is 0 Å². The maximum Gasteiger partial charge on any atom is 0.139 e. The van der Waals surface area contributed by atoms with Gasteiger partial charge in [0.05, 0.1) is 0 Å². The molecule has 0 aromatic heterocycles. The minimum absolute atomic E-state index is 0.195. The average molecular weight is 291 g/mol. The van der Waals surface area contributed by atoms with Crippen LogP contribution < -0.4 is 5.32 Å². The van der Waals surface area contributed by atoms with Crippen molar-refractivity contribution in [1.82, 2.24) is 5.32 Å². The molecule has 1 aliphatic carbocycles. The summed E-state index contributed by atoms with van der Waals surface area (Å²) in [5.41, 5.74) is 2.57. The number of halogens is 2. The molecule has 4 heteroatoms. The van der Waals surface area contributed by atoms with E-state index in [1.165, 1.54) is 35.0 Å². The number of hydrogen-bond donors (Lipinski definition) is 1. The van der Waals surface area contributed by atoms with Crippen LogP contribution in [0.1, 0.15) is 17.2 Å². The molecule has 20 heavy (non-hydrogen) atoms. The molecule has 0 fully saturated rings. The molecule has 0 amide bonds. The minimum atomic E-state index is -0.535. The Morgan fingerprint density at radius 3 is 2.70 bits per heavy atom. The molecule has 0 bridgehead atoms. The van der Waals surface area contributed by atoms with Gasteiger partial charge in [-0.3, -0.25) is 0 Å². The standard InChI is InChI=1S/C16H15F2NS/c1-19-16-12-5-3-2-4-10(12)8-15(16)20-14-7-6-11(17)9-13(14)18/h2-7,9,15-16,19H,8H2,1H3. The molecule has 1 aliphatic rings. The lowest BCUT2D eigenvalue weighted by atomic mass is 10.1. The normalized spacial score (nSPS) is 20.9. The summed E-state index contributed by atoms with van der Waals surface area (Å²) in [6, 6.07) is 12.2. The fraction of sp³-hybridized carbons (Fsp3) is 0.250. The first-order valence-corrected chi connectivity index (χ1v) is 7.44. The highest BCUT2D eigenvalue weighted by Crippen LogP contribution is 2.41. The lowest BCUT2D eigenvalue weighted by Crippen LogP contribution is -2.23. The Hall–Kier alpha value is -1.39. The quantitative estimate of drug-likeness (QED) is 0.919. The fourth-order valence-electron chi connectivity index (χ4n) is 2.74. The second-order valence-corrected chi connectivity index (χ2v) is 6.18. The summed E-state index contributed by atoms with van der Waals surface area (Å²) < 4.78 is 26.7. The maximum absolute atomic E-state index is 13.8. The second kappa shape index (κ2) is 5.54. The number of thioether (sulfide) groups is 1. The predicted molar refractivity (Wildman–Crippen MR) is 77.9 cm³/mol. The van der Waals surface area contributed by atoms with Crippen LogP contribution in [0.15, 0.2) is 47.4 Å². The van der Waals surface area contributed by atoms with E-state index in [9.17, 15) is 8.78 Å². The molecular weight excluding hydrogens is 276 g/mol. The van der Waals surface area contributed by atoms with Gasteiger partial charge in [-0.1, -0.05) is 24.3 Å². The van der Waals surface area contributed by atoms with E-state index in [1.54, 1.807) is 0 Å². The van der Waals surface area contributed by atoms with Crippen LogP contribution in [0.3, 0.4) is 0 Å². The molecule has 0 aliphatic heterocycles. The Morgan fingerprint density at radius 1 is 1.15 bits per heavy atom. The molecule has 104 valence electrons. The molecule has 3 rings (SSSR count). The van der Waals surface area contributed by atoms with Crippen molar-refractivity contribution in [2.45, 2.75) is 22.6 Å². The van der Waals surface area contributed by atoms with Gasteiger partial charge in [-0.15, -0.1) is 11.8 Å². The summed E-state index contributed by atoms with van der Waals surface area (Å²) in [4.78, 5) is 0.504. The van der Waals surface area contributed by atoms with Gasteiger partial charge in [0.1, 0.15) is 11.6 Å². The molecule has 2 unspecified atom stereocenters. The highest BCUT2D eigenvalue weighted by Gasteiger charge is 2.32. The molecule has 1 N–H and O–H groups in total. The second-order valence-electron chi connectivity index (χ2n) is 4.90. The number of hydrogen-bond acceptors (Lipinski definition) is 2. The lowest BCUT2D eigenvalue weighted by molar-refractivity contribution is 0.563. The molecule has 0 saturated heterocycles. The highest BCUT2D eigenvalue weighted by atomic mass is 32.2. The summed E-state index contributed by atoms with van der Waals surface area (Å²) in [5.74, 6) is -1.02. The topological polar surface area (TPSA) is 12.0 Å². The number of rotatable bonds is 3. The zero-order valence-electron chi connectivity index (χ0n) is 11.1. The van der Waals surface area contributed by atoms with Crippen molar-refractivity contribution in [3.63, 3.8) is 0 Å². The van der Waals surface area contributed by atoms with Gasteiger partial charge in [0.25, 0.3) is 0 Å². The Bertz CT molecular complexity index is 630. The van der Waals surface area contributed by atoms with Crippen LogP contribution in [0, 0.1) is 11.6 Å². The van der Waals surface area contributed by atoms with Crippen LogP contribution in [-0.4, -0.2) is 12.3 Å². The van der Waals surface area contributed by atoms with Gasteiger partial charge in [-0.2, -0.15) is 0 Å². The highest BCUT2D eigenvalue weighted by molar-refractivity contribution is 8.00. The number of nitrogens with one attached hydrogen (secondary N) is 1. The SMILES string of the molecule is CNC1c2ccccc2CC1Sc1ccc(F)cc1F. The first-order chi connectivity index (χ1) is 9.69. The zero-order valence-corrected chi connectivity index (χ0v) is 11.9. The molecule has 1 nitrogen and oxygen atoms in total. The predicted octanol–water partition coefficient (Wildman–Crippen LogP) is 3.94. The van der Waals surface area contributed by atoms with Crippen LogP contribution in [0.25, 0.3) is 0 Å². The first-order valence-electron chi connectivity index (χ1n) is 6.56. The third kappa shape index (κ3) is 2.45. The Kier molecular flexibility index (Phi) is 3.76. The monoisotopic (exact) mass is 291 g/mol. The summed E-state index contributed by atoms with van der Waals surface area (Å²) in [6.07, 6.45) is 0.892. The van der Waals surface area contributed by atoms with Crippen LogP contribution in [0.5, 0.6) is 0 Å². The van der Waals surface area contributed by atoms with Crippen molar-refractivity contribution in [3.05, 3.63) is 65.2 Å². The summed E-state index contributed by atoms with van der Waals surface area (Å²) in [6.45, 7) is 0. The van der Waals surface area contributed by atoms with Gasteiger partial charge in [0.15, 0.2) is 0 Å². The van der Waals surface area contributed by atoms with E-state index < -0.39 is 11.6 Å². The van der Waals surface area contributed by atoms with Gasteiger partial charge in [-0.25, -0.2) is 8.78 Å². The third-order valence-electron chi connectivity index (χ3n) is 3.67. The van der Waals surface area contributed by atoms with E-state index in [0.29, 0.717) is 4.90 Å². The largest absolute Gasteiger partial charge is 0.312 e. The lowest BCUT2D eigenvalue weighted by Gasteiger charge is -2.19. The van der Waals surface area contributed by atoms with Crippen molar-refractivity contribution in [2.75, 3.05) is 7.05 Å². The molecule has 0 spiro atoms. The van der Waals surface area contributed by atoms with E-state index >= 15 is 0 Å². The molecule has 0 heterocycles. The van der Waals surface area contributed by atoms with Crippen molar-refractivity contribution < 1.29 is 8.78 Å².